The monoisotopic (exact) mass is 347 g/mol. The Labute approximate surface area is 152 Å². The summed E-state index contributed by atoms with van der Waals surface area (Å²) in [7, 11) is 0. The third-order valence-electron chi connectivity index (χ3n) is 4.27. The summed E-state index contributed by atoms with van der Waals surface area (Å²) in [6, 6.07) is 16.2. The minimum atomic E-state index is 0.668. The maximum absolute atomic E-state index is 5.45. The second-order valence-corrected chi connectivity index (χ2v) is 6.12. The van der Waals surface area contributed by atoms with Crippen LogP contribution in [0.15, 0.2) is 60.9 Å². The summed E-state index contributed by atoms with van der Waals surface area (Å²) >= 11 is 0. The number of nitrogens with one attached hydrogen (secondary N) is 1. The van der Waals surface area contributed by atoms with E-state index in [4.69, 9.17) is 14.7 Å². The highest BCUT2D eigenvalue weighted by molar-refractivity contribution is 5.64. The van der Waals surface area contributed by atoms with Crippen LogP contribution < -0.4 is 10.2 Å². The molecular weight excluding hydrogens is 326 g/mol. The Kier molecular flexibility index (Phi) is 5.02. The zero-order chi connectivity index (χ0) is 17.6. The second-order valence-electron chi connectivity index (χ2n) is 6.12. The minimum absolute atomic E-state index is 0.668. The Morgan fingerprint density at radius 1 is 1.00 bits per heavy atom. The fraction of sp³-hybridized carbons (Fsp3) is 0.250. The van der Waals surface area contributed by atoms with E-state index < -0.39 is 0 Å². The van der Waals surface area contributed by atoms with E-state index >= 15 is 0 Å². The molecule has 0 unspecified atom stereocenters. The van der Waals surface area contributed by atoms with Crippen molar-refractivity contribution in [2.75, 3.05) is 36.5 Å². The van der Waals surface area contributed by atoms with Crippen LogP contribution in [0.5, 0.6) is 0 Å². The van der Waals surface area contributed by atoms with Gasteiger partial charge in [0.15, 0.2) is 0 Å². The number of ether oxygens (including phenoxy) is 1. The van der Waals surface area contributed by atoms with E-state index in [-0.39, 0.29) is 0 Å². The average Bonchev–Trinajstić information content (AvgIpc) is 2.74. The molecule has 0 aliphatic carbocycles. The van der Waals surface area contributed by atoms with Crippen LogP contribution in [0.1, 0.15) is 5.56 Å². The molecule has 1 fully saturated rings. The molecule has 26 heavy (non-hydrogen) atoms. The molecule has 3 heterocycles. The SMILES string of the molecule is c1ccc(-c2cc(NCc3cccnc3)nc(N3CCOCC3)n2)cc1. The van der Waals surface area contributed by atoms with E-state index in [1.54, 1.807) is 6.20 Å². The summed E-state index contributed by atoms with van der Waals surface area (Å²) in [6.07, 6.45) is 3.63. The zero-order valence-corrected chi connectivity index (χ0v) is 14.5. The van der Waals surface area contributed by atoms with Gasteiger partial charge in [-0.1, -0.05) is 36.4 Å². The number of hydrogen-bond acceptors (Lipinski definition) is 6. The van der Waals surface area contributed by atoms with Crippen LogP contribution in [0.25, 0.3) is 11.3 Å². The summed E-state index contributed by atoms with van der Waals surface area (Å²) < 4.78 is 5.45. The lowest BCUT2D eigenvalue weighted by molar-refractivity contribution is 0.122. The van der Waals surface area contributed by atoms with Crippen molar-refractivity contribution in [3.8, 4) is 11.3 Å². The summed E-state index contributed by atoms with van der Waals surface area (Å²) in [5.74, 6) is 1.55. The second kappa shape index (κ2) is 7.93. The molecule has 0 atom stereocenters. The van der Waals surface area contributed by atoms with Gasteiger partial charge in [-0.3, -0.25) is 4.98 Å². The number of hydrogen-bond donors (Lipinski definition) is 1. The van der Waals surface area contributed by atoms with E-state index in [1.165, 1.54) is 0 Å². The molecule has 0 radical (unpaired) electrons. The van der Waals surface area contributed by atoms with E-state index in [0.717, 1.165) is 41.7 Å². The summed E-state index contributed by atoms with van der Waals surface area (Å²) in [6.45, 7) is 3.69. The first-order valence-electron chi connectivity index (χ1n) is 8.78. The lowest BCUT2D eigenvalue weighted by Gasteiger charge is -2.27. The minimum Gasteiger partial charge on any atom is -0.378 e. The predicted octanol–water partition coefficient (Wildman–Crippen LogP) is 2.99. The number of aromatic nitrogens is 3. The van der Waals surface area contributed by atoms with Crippen LogP contribution in [0, 0.1) is 0 Å². The molecule has 0 bridgehead atoms. The van der Waals surface area contributed by atoms with Crippen LogP contribution >= 0.6 is 0 Å². The molecule has 6 nitrogen and oxygen atoms in total. The highest BCUT2D eigenvalue weighted by Gasteiger charge is 2.16. The Balaban J connectivity index is 1.63. The molecule has 6 heteroatoms. The number of pyridine rings is 1. The average molecular weight is 347 g/mol. The van der Waals surface area contributed by atoms with Crippen molar-refractivity contribution in [2.24, 2.45) is 0 Å². The number of benzene rings is 1. The van der Waals surface area contributed by atoms with Crippen molar-refractivity contribution >= 4 is 11.8 Å². The highest BCUT2D eigenvalue weighted by Crippen LogP contribution is 2.23. The first-order valence-corrected chi connectivity index (χ1v) is 8.78. The van der Waals surface area contributed by atoms with Crippen LogP contribution in [-0.2, 0) is 11.3 Å². The molecule has 1 aliphatic rings. The third kappa shape index (κ3) is 3.97. The van der Waals surface area contributed by atoms with Crippen molar-refractivity contribution < 1.29 is 4.74 Å². The Hall–Kier alpha value is -2.99. The van der Waals surface area contributed by atoms with Gasteiger partial charge in [-0.05, 0) is 11.6 Å². The first-order chi connectivity index (χ1) is 12.9. The van der Waals surface area contributed by atoms with Gasteiger partial charge in [0.1, 0.15) is 5.82 Å². The molecule has 3 aromatic rings. The van der Waals surface area contributed by atoms with E-state index in [9.17, 15) is 0 Å². The van der Waals surface area contributed by atoms with Crippen LogP contribution in [0.4, 0.5) is 11.8 Å². The number of morpholine rings is 1. The number of rotatable bonds is 5. The summed E-state index contributed by atoms with van der Waals surface area (Å²) in [5, 5.41) is 3.40. The van der Waals surface area contributed by atoms with Gasteiger partial charge in [-0.2, -0.15) is 4.98 Å². The van der Waals surface area contributed by atoms with Gasteiger partial charge in [0.2, 0.25) is 5.95 Å². The number of anilines is 2. The highest BCUT2D eigenvalue weighted by atomic mass is 16.5. The Morgan fingerprint density at radius 2 is 1.85 bits per heavy atom. The molecule has 0 spiro atoms. The molecule has 132 valence electrons. The molecule has 1 aromatic carbocycles. The molecule has 1 aliphatic heterocycles. The molecule has 1 N–H and O–H groups in total. The standard InChI is InChI=1S/C20H21N5O/c1-2-6-17(7-3-1)18-13-19(22-15-16-5-4-8-21-14-16)24-20(23-18)25-9-11-26-12-10-25/h1-8,13-14H,9-12,15H2,(H,22,23,24). The van der Waals surface area contributed by atoms with Crippen LogP contribution in [0.3, 0.4) is 0 Å². The Bertz CT molecular complexity index is 835. The normalized spacial score (nSPS) is 14.2. The molecule has 1 saturated heterocycles. The zero-order valence-electron chi connectivity index (χ0n) is 14.5. The van der Waals surface area contributed by atoms with E-state index in [1.807, 2.05) is 42.6 Å². The fourth-order valence-electron chi connectivity index (χ4n) is 2.88. The molecule has 2 aromatic heterocycles. The lowest BCUT2D eigenvalue weighted by Crippen LogP contribution is -2.37. The predicted molar refractivity (Wildman–Crippen MR) is 102 cm³/mol. The van der Waals surface area contributed by atoms with Gasteiger partial charge in [-0.15, -0.1) is 0 Å². The molecule has 0 saturated carbocycles. The van der Waals surface area contributed by atoms with Gasteiger partial charge >= 0.3 is 0 Å². The topological polar surface area (TPSA) is 63.2 Å². The van der Waals surface area contributed by atoms with Crippen molar-refractivity contribution in [1.29, 1.82) is 0 Å². The van der Waals surface area contributed by atoms with Gasteiger partial charge in [0.25, 0.3) is 0 Å². The molecule has 4 rings (SSSR count). The number of nitrogens with zero attached hydrogens (tertiary/aromatic N) is 4. The van der Waals surface area contributed by atoms with Crippen molar-refractivity contribution in [2.45, 2.75) is 6.54 Å². The van der Waals surface area contributed by atoms with Crippen molar-refractivity contribution in [1.82, 2.24) is 15.0 Å². The first kappa shape index (κ1) is 16.5. The third-order valence-corrected chi connectivity index (χ3v) is 4.27. The smallest absolute Gasteiger partial charge is 0.228 e. The largest absolute Gasteiger partial charge is 0.378 e. The molecule has 0 amide bonds. The van der Waals surface area contributed by atoms with Gasteiger partial charge in [0, 0.05) is 43.7 Å². The van der Waals surface area contributed by atoms with Gasteiger partial charge in [-0.25, -0.2) is 4.98 Å². The summed E-state index contributed by atoms with van der Waals surface area (Å²) in [4.78, 5) is 15.8. The lowest BCUT2D eigenvalue weighted by atomic mass is 10.1. The Morgan fingerprint density at radius 3 is 2.62 bits per heavy atom. The maximum Gasteiger partial charge on any atom is 0.228 e. The van der Waals surface area contributed by atoms with Crippen molar-refractivity contribution in [3.05, 3.63) is 66.5 Å². The van der Waals surface area contributed by atoms with Crippen LogP contribution in [-0.4, -0.2) is 41.3 Å². The quantitative estimate of drug-likeness (QED) is 0.765. The fourth-order valence-corrected chi connectivity index (χ4v) is 2.88. The van der Waals surface area contributed by atoms with E-state index in [2.05, 4.69) is 27.3 Å². The van der Waals surface area contributed by atoms with Crippen molar-refractivity contribution in [3.63, 3.8) is 0 Å². The van der Waals surface area contributed by atoms with E-state index in [0.29, 0.717) is 19.8 Å². The summed E-state index contributed by atoms with van der Waals surface area (Å²) in [5.41, 5.74) is 3.10. The molecular formula is C20H21N5O. The van der Waals surface area contributed by atoms with Gasteiger partial charge < -0.3 is 15.0 Å². The van der Waals surface area contributed by atoms with Crippen LogP contribution in [0.2, 0.25) is 0 Å². The maximum atomic E-state index is 5.45. The van der Waals surface area contributed by atoms with Gasteiger partial charge in [0.05, 0.1) is 18.9 Å².